The van der Waals surface area contributed by atoms with Crippen LogP contribution in [0.1, 0.15) is 65.4 Å². The lowest BCUT2D eigenvalue weighted by Crippen LogP contribution is -2.55. The van der Waals surface area contributed by atoms with Gasteiger partial charge in [0.05, 0.1) is 0 Å². The molecule has 1 heterocycles. The Labute approximate surface area is 234 Å². The first-order chi connectivity index (χ1) is 18.7. The fourth-order valence-corrected chi connectivity index (χ4v) is 4.91. The number of phosphoric ester groups is 1. The highest BCUT2D eigenvalue weighted by atomic mass is 31.2. The molecule has 1 aliphatic heterocycles. The van der Waals surface area contributed by atoms with Crippen molar-refractivity contribution in [2.24, 2.45) is 17.6 Å². The molecule has 0 bridgehead atoms. The van der Waals surface area contributed by atoms with Crippen molar-refractivity contribution in [3.63, 3.8) is 0 Å². The van der Waals surface area contributed by atoms with E-state index in [1.807, 2.05) is 27.7 Å². The summed E-state index contributed by atoms with van der Waals surface area (Å²) in [6.07, 6.45) is 4.86. The maximum absolute atomic E-state index is 13.6. The van der Waals surface area contributed by atoms with Gasteiger partial charge in [-0.2, -0.15) is 0 Å². The summed E-state index contributed by atoms with van der Waals surface area (Å²) in [7, 11) is -4.67. The van der Waals surface area contributed by atoms with Crippen LogP contribution in [0.25, 0.3) is 6.08 Å². The molecule has 1 aliphatic rings. The monoisotopic (exact) mass is 580 g/mol. The molecule has 1 aromatic carbocycles. The van der Waals surface area contributed by atoms with E-state index in [-0.39, 0.29) is 41.9 Å². The van der Waals surface area contributed by atoms with E-state index in [0.29, 0.717) is 37.8 Å². The van der Waals surface area contributed by atoms with Crippen LogP contribution in [-0.2, 0) is 23.7 Å². The van der Waals surface area contributed by atoms with Gasteiger partial charge < -0.3 is 25.8 Å². The van der Waals surface area contributed by atoms with Gasteiger partial charge in [0.2, 0.25) is 23.6 Å². The maximum Gasteiger partial charge on any atom is 0.524 e. The summed E-state index contributed by atoms with van der Waals surface area (Å²) in [6.45, 7) is 8.15. The van der Waals surface area contributed by atoms with E-state index in [4.69, 9.17) is 15.5 Å². The van der Waals surface area contributed by atoms with Gasteiger partial charge >= 0.3 is 7.82 Å². The zero-order valence-electron chi connectivity index (χ0n) is 23.4. The molecule has 1 aromatic rings. The third-order valence-corrected chi connectivity index (χ3v) is 6.97. The number of nitrogens with zero attached hydrogens (tertiary/aromatic N) is 1. The molecule has 40 heavy (non-hydrogen) atoms. The molecule has 4 amide bonds. The van der Waals surface area contributed by atoms with Gasteiger partial charge in [-0.3, -0.25) is 29.0 Å². The van der Waals surface area contributed by atoms with Crippen molar-refractivity contribution in [1.29, 1.82) is 0 Å². The number of hydrogen-bond acceptors (Lipinski definition) is 6. The minimum Gasteiger partial charge on any atom is -0.404 e. The van der Waals surface area contributed by atoms with Crippen molar-refractivity contribution in [2.75, 3.05) is 6.54 Å². The average molecular weight is 581 g/mol. The number of amides is 4. The Morgan fingerprint density at radius 2 is 1.77 bits per heavy atom. The van der Waals surface area contributed by atoms with Crippen molar-refractivity contribution < 1.29 is 38.1 Å². The van der Waals surface area contributed by atoms with Crippen LogP contribution in [0.3, 0.4) is 0 Å². The predicted octanol–water partition coefficient (Wildman–Crippen LogP) is 2.10. The van der Waals surface area contributed by atoms with Crippen molar-refractivity contribution in [3.05, 3.63) is 35.9 Å². The quantitative estimate of drug-likeness (QED) is 0.163. The van der Waals surface area contributed by atoms with E-state index in [1.54, 1.807) is 0 Å². The Morgan fingerprint density at radius 1 is 1.12 bits per heavy atom. The highest BCUT2D eigenvalue weighted by Crippen LogP contribution is 2.37. The lowest BCUT2D eigenvalue weighted by atomic mass is 9.98. The van der Waals surface area contributed by atoms with Crippen LogP contribution in [0.15, 0.2) is 30.3 Å². The molecular formula is C27H41N4O8P. The Balaban J connectivity index is 2.08. The lowest BCUT2D eigenvalue weighted by molar-refractivity contribution is -0.141. The van der Waals surface area contributed by atoms with Crippen molar-refractivity contribution in [1.82, 2.24) is 15.5 Å². The second-order valence-electron chi connectivity index (χ2n) is 10.7. The molecule has 0 aliphatic carbocycles. The summed E-state index contributed by atoms with van der Waals surface area (Å²) in [5.41, 5.74) is 5.85. The molecule has 0 unspecified atom stereocenters. The second-order valence-corrected chi connectivity index (χ2v) is 11.9. The molecule has 3 atom stereocenters. The van der Waals surface area contributed by atoms with Gasteiger partial charge in [-0.1, -0.05) is 39.8 Å². The third kappa shape index (κ3) is 11.1. The van der Waals surface area contributed by atoms with Crippen molar-refractivity contribution >= 4 is 37.5 Å². The van der Waals surface area contributed by atoms with E-state index in [0.717, 1.165) is 0 Å². The summed E-state index contributed by atoms with van der Waals surface area (Å²) in [6, 6.07) is 4.00. The minimum absolute atomic E-state index is 0.0192. The molecule has 12 nitrogen and oxygen atoms in total. The van der Waals surface area contributed by atoms with E-state index < -0.39 is 31.7 Å². The highest BCUT2D eigenvalue weighted by Gasteiger charge is 2.38. The van der Waals surface area contributed by atoms with Crippen LogP contribution >= 0.6 is 7.82 Å². The first kappa shape index (κ1) is 33.0. The first-order valence-electron chi connectivity index (χ1n) is 13.4. The molecule has 0 aromatic heterocycles. The Hall–Kier alpha value is -3.21. The normalized spacial score (nSPS) is 17.2. The van der Waals surface area contributed by atoms with Gasteiger partial charge in [-0.25, -0.2) is 4.57 Å². The molecule has 0 radical (unpaired) electrons. The van der Waals surface area contributed by atoms with Crippen LogP contribution < -0.4 is 20.9 Å². The van der Waals surface area contributed by atoms with Crippen LogP contribution in [0.2, 0.25) is 0 Å². The summed E-state index contributed by atoms with van der Waals surface area (Å²) in [5, 5.41) is 5.74. The maximum atomic E-state index is 13.6. The number of carbonyl (C=O) groups is 4. The zero-order chi connectivity index (χ0) is 30.0. The molecule has 0 saturated carbocycles. The second kappa shape index (κ2) is 15.0. The van der Waals surface area contributed by atoms with Gasteiger partial charge in [0.15, 0.2) is 0 Å². The predicted molar refractivity (Wildman–Crippen MR) is 149 cm³/mol. The summed E-state index contributed by atoms with van der Waals surface area (Å²) in [4.78, 5) is 70.0. The minimum atomic E-state index is -4.67. The SMILES string of the molecule is CC(C)C[C@H](NC(=O)/C=C/c1ccc(OP(=O)(O)O)cc1)C(=O)N1CCC[C@H]1C(=O)N[C@@H](CCC(N)=O)C(C)C. The topological polar surface area (TPSA) is 188 Å². The van der Waals surface area contributed by atoms with Gasteiger partial charge in [-0.15, -0.1) is 0 Å². The fraction of sp³-hybridized carbons (Fsp3) is 0.556. The molecule has 1 saturated heterocycles. The standard InChI is InChI=1S/C27H41N4O8P/c1-17(2)16-22(29-25(33)14-9-19-7-10-20(11-8-19)39-40(36,37)38)27(35)31-15-5-6-23(31)26(34)30-21(18(3)4)12-13-24(28)32/h7-11,14,17-18,21-23H,5-6,12-13,15-16H2,1-4H3,(H2,28,32)(H,29,33)(H,30,34)(H2,36,37,38)/b14-9+/t21-,22-,23-/m0/s1. The third-order valence-electron chi connectivity index (χ3n) is 6.53. The number of primary amides is 1. The molecule has 222 valence electrons. The zero-order valence-corrected chi connectivity index (χ0v) is 24.3. The summed E-state index contributed by atoms with van der Waals surface area (Å²) < 4.78 is 15.4. The van der Waals surface area contributed by atoms with Gasteiger partial charge in [0, 0.05) is 25.1 Å². The van der Waals surface area contributed by atoms with Crippen LogP contribution in [0.5, 0.6) is 5.75 Å². The Morgan fingerprint density at radius 3 is 2.33 bits per heavy atom. The van der Waals surface area contributed by atoms with E-state index in [2.05, 4.69) is 15.2 Å². The number of rotatable bonds is 14. The molecule has 2 rings (SSSR count). The highest BCUT2D eigenvalue weighted by molar-refractivity contribution is 7.46. The van der Waals surface area contributed by atoms with E-state index in [9.17, 15) is 23.7 Å². The van der Waals surface area contributed by atoms with Crippen LogP contribution in [0, 0.1) is 11.8 Å². The van der Waals surface area contributed by atoms with Gasteiger partial charge in [0.1, 0.15) is 17.8 Å². The smallest absolute Gasteiger partial charge is 0.404 e. The average Bonchev–Trinajstić information content (AvgIpc) is 3.34. The number of carbonyl (C=O) groups excluding carboxylic acids is 4. The number of nitrogens with two attached hydrogens (primary N) is 1. The molecular weight excluding hydrogens is 539 g/mol. The van der Waals surface area contributed by atoms with Crippen molar-refractivity contribution in [3.8, 4) is 5.75 Å². The number of phosphoric acid groups is 1. The van der Waals surface area contributed by atoms with Crippen molar-refractivity contribution in [2.45, 2.75) is 77.9 Å². The molecule has 13 heteroatoms. The number of likely N-dealkylation sites (tertiary alicyclic amines) is 1. The molecule has 0 spiro atoms. The Kier molecular flexibility index (Phi) is 12.4. The molecule has 6 N–H and O–H groups in total. The van der Waals surface area contributed by atoms with Gasteiger partial charge in [-0.05, 0) is 61.3 Å². The fourth-order valence-electron chi connectivity index (χ4n) is 4.51. The number of hydrogen-bond donors (Lipinski definition) is 5. The van der Waals surface area contributed by atoms with Crippen LogP contribution in [-0.4, -0.2) is 63.0 Å². The lowest BCUT2D eigenvalue weighted by Gasteiger charge is -2.31. The van der Waals surface area contributed by atoms with E-state index in [1.165, 1.54) is 41.3 Å². The summed E-state index contributed by atoms with van der Waals surface area (Å²) >= 11 is 0. The summed E-state index contributed by atoms with van der Waals surface area (Å²) in [5.74, 6) is -1.41. The van der Waals surface area contributed by atoms with E-state index >= 15 is 0 Å². The first-order valence-corrected chi connectivity index (χ1v) is 14.9. The number of benzene rings is 1. The Bertz CT molecular complexity index is 1120. The van der Waals surface area contributed by atoms with Gasteiger partial charge in [0.25, 0.3) is 0 Å². The van der Waals surface area contributed by atoms with Crippen LogP contribution in [0.4, 0.5) is 0 Å². The molecule has 1 fully saturated rings. The number of nitrogens with one attached hydrogen (secondary N) is 2. The largest absolute Gasteiger partial charge is 0.524 e.